The summed E-state index contributed by atoms with van der Waals surface area (Å²) in [6.45, 7) is 6.27. The van der Waals surface area contributed by atoms with Crippen LogP contribution in [0.3, 0.4) is 0 Å². The van der Waals surface area contributed by atoms with Gasteiger partial charge < -0.3 is 10.4 Å². The van der Waals surface area contributed by atoms with Crippen molar-refractivity contribution in [3.63, 3.8) is 0 Å². The first-order chi connectivity index (χ1) is 9.32. The molecule has 1 amide bonds. The predicted molar refractivity (Wildman–Crippen MR) is 77.6 cm³/mol. The fraction of sp³-hybridized carbons (Fsp3) is 0.733. The Morgan fingerprint density at radius 3 is 2.70 bits per heavy atom. The van der Waals surface area contributed by atoms with Gasteiger partial charge in [0.15, 0.2) is 0 Å². The van der Waals surface area contributed by atoms with E-state index < -0.39 is 0 Å². The van der Waals surface area contributed by atoms with Gasteiger partial charge in [-0.1, -0.05) is 20.8 Å². The highest BCUT2D eigenvalue weighted by molar-refractivity contribution is 5.95. The van der Waals surface area contributed by atoms with Crippen molar-refractivity contribution in [2.24, 2.45) is 13.0 Å². The lowest BCUT2D eigenvalue weighted by Crippen LogP contribution is -2.38. The Bertz CT molecular complexity index is 484. The van der Waals surface area contributed by atoms with Crippen LogP contribution in [0.2, 0.25) is 0 Å². The summed E-state index contributed by atoms with van der Waals surface area (Å²) in [7, 11) is 1.83. The first-order valence-corrected chi connectivity index (χ1v) is 7.28. The SMILES string of the molecule is Cn1cc(C(=O)NC(CCO)C2CC2)c(C(C)(C)C)n1. The van der Waals surface area contributed by atoms with Crippen LogP contribution in [0.1, 0.15) is 56.1 Å². The highest BCUT2D eigenvalue weighted by Crippen LogP contribution is 2.34. The number of carbonyl (C=O) groups excluding carboxylic acids is 1. The third-order valence-corrected chi connectivity index (χ3v) is 3.73. The molecule has 5 nitrogen and oxygen atoms in total. The van der Waals surface area contributed by atoms with Crippen molar-refractivity contribution in [1.82, 2.24) is 15.1 Å². The molecule has 1 unspecified atom stereocenters. The van der Waals surface area contributed by atoms with Crippen LogP contribution in [0.25, 0.3) is 0 Å². The lowest BCUT2D eigenvalue weighted by Gasteiger charge is -2.20. The minimum Gasteiger partial charge on any atom is -0.396 e. The maximum Gasteiger partial charge on any atom is 0.255 e. The first-order valence-electron chi connectivity index (χ1n) is 7.28. The largest absolute Gasteiger partial charge is 0.396 e. The highest BCUT2D eigenvalue weighted by atomic mass is 16.3. The second kappa shape index (κ2) is 5.56. The van der Waals surface area contributed by atoms with Crippen LogP contribution < -0.4 is 5.32 Å². The lowest BCUT2D eigenvalue weighted by molar-refractivity contribution is 0.0922. The molecule has 1 aromatic heterocycles. The lowest BCUT2D eigenvalue weighted by atomic mass is 9.89. The topological polar surface area (TPSA) is 67.2 Å². The zero-order valence-corrected chi connectivity index (χ0v) is 12.8. The molecule has 1 aliphatic rings. The second-order valence-corrected chi connectivity index (χ2v) is 6.74. The Labute approximate surface area is 120 Å². The summed E-state index contributed by atoms with van der Waals surface area (Å²) in [4.78, 5) is 12.5. The van der Waals surface area contributed by atoms with Crippen LogP contribution >= 0.6 is 0 Å². The number of nitrogens with zero attached hydrogens (tertiary/aromatic N) is 2. The van der Waals surface area contributed by atoms with Crippen molar-refractivity contribution in [2.75, 3.05) is 6.61 Å². The van der Waals surface area contributed by atoms with Gasteiger partial charge in [-0.15, -0.1) is 0 Å². The smallest absolute Gasteiger partial charge is 0.255 e. The van der Waals surface area contributed by atoms with Gasteiger partial charge >= 0.3 is 0 Å². The monoisotopic (exact) mass is 279 g/mol. The van der Waals surface area contributed by atoms with E-state index in [0.29, 0.717) is 17.9 Å². The highest BCUT2D eigenvalue weighted by Gasteiger charge is 2.33. The van der Waals surface area contributed by atoms with Crippen LogP contribution in [0.5, 0.6) is 0 Å². The van der Waals surface area contributed by atoms with Crippen molar-refractivity contribution in [1.29, 1.82) is 0 Å². The van der Waals surface area contributed by atoms with Gasteiger partial charge in [0.1, 0.15) is 0 Å². The summed E-state index contributed by atoms with van der Waals surface area (Å²) in [5.74, 6) is 0.453. The third-order valence-electron chi connectivity index (χ3n) is 3.73. The van der Waals surface area contributed by atoms with Gasteiger partial charge in [0.05, 0.1) is 11.3 Å². The number of hydrogen-bond acceptors (Lipinski definition) is 3. The van der Waals surface area contributed by atoms with Crippen molar-refractivity contribution in [2.45, 2.75) is 51.5 Å². The van der Waals surface area contributed by atoms with Crippen LogP contribution in [-0.2, 0) is 12.5 Å². The van der Waals surface area contributed by atoms with Crippen LogP contribution in [-0.4, -0.2) is 33.4 Å². The number of aliphatic hydroxyl groups is 1. The molecule has 5 heteroatoms. The van der Waals surface area contributed by atoms with Gasteiger partial charge in [-0.3, -0.25) is 9.48 Å². The summed E-state index contributed by atoms with van der Waals surface area (Å²) >= 11 is 0. The first kappa shape index (κ1) is 15.0. The molecule has 112 valence electrons. The summed E-state index contributed by atoms with van der Waals surface area (Å²) in [6, 6.07) is 0.0838. The molecule has 0 radical (unpaired) electrons. The van der Waals surface area contributed by atoms with Crippen LogP contribution in [0.4, 0.5) is 0 Å². The van der Waals surface area contributed by atoms with E-state index in [1.165, 1.54) is 0 Å². The summed E-state index contributed by atoms with van der Waals surface area (Å²) in [6.07, 6.45) is 4.69. The van der Waals surface area contributed by atoms with Gasteiger partial charge in [0, 0.05) is 31.3 Å². The molecule has 20 heavy (non-hydrogen) atoms. The van der Waals surface area contributed by atoms with Gasteiger partial charge in [0.2, 0.25) is 0 Å². The van der Waals surface area contributed by atoms with E-state index >= 15 is 0 Å². The molecular formula is C15H25N3O2. The van der Waals surface area contributed by atoms with Gasteiger partial charge in [-0.05, 0) is 25.2 Å². The maximum atomic E-state index is 12.5. The molecule has 1 aromatic rings. The Morgan fingerprint density at radius 1 is 1.55 bits per heavy atom. The number of hydrogen-bond donors (Lipinski definition) is 2. The van der Waals surface area contributed by atoms with E-state index in [2.05, 4.69) is 31.2 Å². The van der Waals surface area contributed by atoms with Crippen molar-refractivity contribution >= 4 is 5.91 Å². The summed E-state index contributed by atoms with van der Waals surface area (Å²) < 4.78 is 1.69. The molecule has 0 aliphatic heterocycles. The van der Waals surface area contributed by atoms with Gasteiger partial charge in [0.25, 0.3) is 5.91 Å². The molecule has 1 saturated carbocycles. The fourth-order valence-corrected chi connectivity index (χ4v) is 2.52. The number of aryl methyl sites for hydroxylation is 1. The van der Waals surface area contributed by atoms with E-state index in [1.807, 2.05) is 7.05 Å². The zero-order valence-electron chi connectivity index (χ0n) is 12.8. The molecular weight excluding hydrogens is 254 g/mol. The van der Waals surface area contributed by atoms with E-state index in [1.54, 1.807) is 10.9 Å². The molecule has 2 rings (SSSR count). The molecule has 1 fully saturated rings. The number of nitrogens with one attached hydrogen (secondary N) is 1. The molecule has 1 heterocycles. The fourth-order valence-electron chi connectivity index (χ4n) is 2.52. The molecule has 2 N–H and O–H groups in total. The molecule has 0 spiro atoms. The number of carbonyl (C=O) groups is 1. The second-order valence-electron chi connectivity index (χ2n) is 6.74. The number of aliphatic hydroxyl groups excluding tert-OH is 1. The Kier molecular flexibility index (Phi) is 4.18. The standard InChI is InChI=1S/C15H25N3O2/c1-15(2,3)13-11(9-18(4)17-13)14(20)16-12(7-8-19)10-5-6-10/h9-10,12,19H,5-8H2,1-4H3,(H,16,20). The zero-order chi connectivity index (χ0) is 14.9. The Hall–Kier alpha value is -1.36. The van der Waals surface area contributed by atoms with Crippen molar-refractivity contribution in [3.8, 4) is 0 Å². The summed E-state index contributed by atoms with van der Waals surface area (Å²) in [5.41, 5.74) is 1.29. The van der Waals surface area contributed by atoms with Gasteiger partial charge in [-0.25, -0.2) is 0 Å². The number of amides is 1. The molecule has 0 aromatic carbocycles. The number of aromatic nitrogens is 2. The normalized spacial score (nSPS) is 17.1. The van der Waals surface area contributed by atoms with E-state index in [-0.39, 0.29) is 24.0 Å². The molecule has 1 atom stereocenters. The van der Waals surface area contributed by atoms with Gasteiger partial charge in [-0.2, -0.15) is 5.10 Å². The quantitative estimate of drug-likeness (QED) is 0.860. The number of rotatable bonds is 5. The molecule has 1 aliphatic carbocycles. The Morgan fingerprint density at radius 2 is 2.20 bits per heavy atom. The van der Waals surface area contributed by atoms with Crippen LogP contribution in [0, 0.1) is 5.92 Å². The maximum absolute atomic E-state index is 12.5. The van der Waals surface area contributed by atoms with E-state index in [0.717, 1.165) is 18.5 Å². The van der Waals surface area contributed by atoms with Crippen LogP contribution in [0.15, 0.2) is 6.20 Å². The average molecular weight is 279 g/mol. The van der Waals surface area contributed by atoms with E-state index in [9.17, 15) is 4.79 Å². The minimum absolute atomic E-state index is 0.0756. The van der Waals surface area contributed by atoms with Crippen molar-refractivity contribution < 1.29 is 9.90 Å². The Balaban J connectivity index is 2.16. The summed E-state index contributed by atoms with van der Waals surface area (Å²) in [5, 5.41) is 16.6. The van der Waals surface area contributed by atoms with Crippen molar-refractivity contribution in [3.05, 3.63) is 17.5 Å². The van der Waals surface area contributed by atoms with E-state index in [4.69, 9.17) is 5.11 Å². The predicted octanol–water partition coefficient (Wildman–Crippen LogP) is 1.61. The minimum atomic E-state index is -0.167. The average Bonchev–Trinajstić information content (AvgIpc) is 3.09. The molecule has 0 saturated heterocycles. The molecule has 0 bridgehead atoms. The third kappa shape index (κ3) is 3.39.